The number of rotatable bonds is 11. The molecule has 0 aromatic heterocycles. The molecule has 0 unspecified atom stereocenters. The van der Waals surface area contributed by atoms with Crippen molar-refractivity contribution in [2.75, 3.05) is 7.11 Å². The number of hydrogen-bond acceptors (Lipinski definition) is 2. The molecular formula is C15H32BrO2Sb. The first-order valence-corrected chi connectivity index (χ1v) is 14.8. The number of hydrogen-bond donors (Lipinski definition) is 0. The Morgan fingerprint density at radius 2 is 1.26 bits per heavy atom. The number of methoxy groups -OCH3 is 1. The van der Waals surface area contributed by atoms with Gasteiger partial charge in [-0.2, -0.15) is 0 Å². The van der Waals surface area contributed by atoms with Crippen LogP contribution in [-0.4, -0.2) is 31.9 Å². The minimum Gasteiger partial charge on any atom is -1.00 e. The summed E-state index contributed by atoms with van der Waals surface area (Å²) in [7, 11) is 1.54. The summed E-state index contributed by atoms with van der Waals surface area (Å²) in [6.07, 6.45) is 7.72. The van der Waals surface area contributed by atoms with Gasteiger partial charge < -0.3 is 17.0 Å². The van der Waals surface area contributed by atoms with Crippen LogP contribution in [0, 0.1) is 0 Å². The second-order valence-corrected chi connectivity index (χ2v) is 17.7. The summed E-state index contributed by atoms with van der Waals surface area (Å²) in [4.78, 5) is 11.7. The van der Waals surface area contributed by atoms with Gasteiger partial charge in [0, 0.05) is 0 Å². The van der Waals surface area contributed by atoms with Crippen LogP contribution in [0.3, 0.4) is 0 Å². The van der Waals surface area contributed by atoms with E-state index in [-0.39, 0.29) is 23.0 Å². The molecule has 0 aliphatic rings. The largest absolute Gasteiger partial charge is 1.00 e. The Hall–Kier alpha value is 0.768. The van der Waals surface area contributed by atoms with E-state index in [4.69, 9.17) is 4.74 Å². The zero-order valence-electron chi connectivity index (χ0n) is 13.2. The molecule has 0 amide bonds. The van der Waals surface area contributed by atoms with Crippen molar-refractivity contribution < 1.29 is 26.5 Å². The van der Waals surface area contributed by atoms with Gasteiger partial charge in [-0.05, 0) is 0 Å². The SMILES string of the molecule is CCC[CH2][Sb+]([CH2]CCC)([CH2]CCC)[CH2]C(=O)OC.[Br-]. The molecule has 0 atom stereocenters. The third-order valence-electron chi connectivity index (χ3n) is 3.65. The first kappa shape index (κ1) is 22.1. The van der Waals surface area contributed by atoms with E-state index in [1.165, 1.54) is 58.7 Å². The first-order valence-electron chi connectivity index (χ1n) is 7.56. The minimum absolute atomic E-state index is 0. The van der Waals surface area contributed by atoms with E-state index < -0.39 is 18.8 Å². The maximum atomic E-state index is 11.7. The summed E-state index contributed by atoms with van der Waals surface area (Å²) in [5, 5.41) is 0. The second-order valence-electron chi connectivity index (χ2n) is 5.31. The fraction of sp³-hybridized carbons (Fsp3) is 0.933. The molecule has 0 saturated heterocycles. The summed E-state index contributed by atoms with van der Waals surface area (Å²) >= 11 is -2.13. The van der Waals surface area contributed by atoms with Crippen LogP contribution in [0.15, 0.2) is 0 Å². The smallest absolute Gasteiger partial charge is 1.00 e. The standard InChI is InChI=1S/3C4H9.C3H5O2.BrH.Sb/c3*1-3-4-2;1-3(4)5-2;;/h3*1,3-4H2,2H3;1H2,2H3;1H;/q;;;;;+1/p-1. The number of carbonyl (C=O) groups is 1. The van der Waals surface area contributed by atoms with Gasteiger partial charge in [-0.3, -0.25) is 0 Å². The van der Waals surface area contributed by atoms with Gasteiger partial charge >= 0.3 is 118 Å². The Kier molecular flexibility index (Phi) is 15.9. The van der Waals surface area contributed by atoms with Crippen molar-refractivity contribution in [3.8, 4) is 0 Å². The average molecular weight is 446 g/mol. The van der Waals surface area contributed by atoms with Crippen LogP contribution in [0.5, 0.6) is 0 Å². The van der Waals surface area contributed by atoms with Crippen molar-refractivity contribution in [1.29, 1.82) is 0 Å². The van der Waals surface area contributed by atoms with E-state index in [0.717, 1.165) is 4.37 Å². The Balaban J connectivity index is 0. The van der Waals surface area contributed by atoms with Crippen molar-refractivity contribution in [3.05, 3.63) is 0 Å². The molecule has 0 aromatic carbocycles. The molecule has 0 saturated carbocycles. The molecule has 116 valence electrons. The second kappa shape index (κ2) is 13.7. The Bertz CT molecular complexity index is 200. The van der Waals surface area contributed by atoms with E-state index in [1.807, 2.05) is 0 Å². The molecule has 19 heavy (non-hydrogen) atoms. The van der Waals surface area contributed by atoms with E-state index in [0.29, 0.717) is 0 Å². The van der Waals surface area contributed by atoms with Crippen LogP contribution in [-0.2, 0) is 9.53 Å². The van der Waals surface area contributed by atoms with Crippen LogP contribution >= 0.6 is 0 Å². The van der Waals surface area contributed by atoms with E-state index in [9.17, 15) is 4.79 Å². The van der Waals surface area contributed by atoms with Crippen LogP contribution in [0.2, 0.25) is 17.5 Å². The van der Waals surface area contributed by atoms with Gasteiger partial charge in [0.25, 0.3) is 0 Å². The third kappa shape index (κ3) is 10.2. The number of ether oxygens (including phenoxy) is 1. The van der Waals surface area contributed by atoms with Crippen LogP contribution < -0.4 is 17.0 Å². The van der Waals surface area contributed by atoms with Gasteiger partial charge in [-0.25, -0.2) is 0 Å². The fourth-order valence-corrected chi connectivity index (χ4v) is 16.0. The zero-order valence-corrected chi connectivity index (χ0v) is 17.4. The zero-order chi connectivity index (χ0) is 13.9. The molecule has 2 nitrogen and oxygen atoms in total. The molecule has 0 aliphatic carbocycles. The normalized spacial score (nSPS) is 10.9. The molecule has 0 N–H and O–H groups in total. The maximum Gasteiger partial charge on any atom is -1.00 e. The topological polar surface area (TPSA) is 26.3 Å². The molecular weight excluding hydrogens is 414 g/mol. The fourth-order valence-electron chi connectivity index (χ4n) is 2.39. The van der Waals surface area contributed by atoms with E-state index in [2.05, 4.69) is 20.8 Å². The average Bonchev–Trinajstić information content (AvgIpc) is 2.40. The molecule has 4 heteroatoms. The summed E-state index contributed by atoms with van der Waals surface area (Å²) in [5.74, 6) is 0.0595. The molecule has 0 spiro atoms. The number of unbranched alkanes of at least 4 members (excludes halogenated alkanes) is 3. The van der Waals surface area contributed by atoms with Crippen LogP contribution in [0.25, 0.3) is 0 Å². The van der Waals surface area contributed by atoms with Crippen molar-refractivity contribution in [2.45, 2.75) is 76.8 Å². The molecule has 0 heterocycles. The Labute approximate surface area is 134 Å². The van der Waals surface area contributed by atoms with Crippen molar-refractivity contribution in [3.63, 3.8) is 0 Å². The Morgan fingerprint density at radius 3 is 1.53 bits per heavy atom. The molecule has 0 aliphatic heterocycles. The molecule has 0 aromatic rings. The van der Waals surface area contributed by atoms with E-state index in [1.54, 1.807) is 0 Å². The van der Waals surface area contributed by atoms with Gasteiger partial charge in [-0.15, -0.1) is 0 Å². The van der Waals surface area contributed by atoms with Gasteiger partial charge in [0.2, 0.25) is 0 Å². The van der Waals surface area contributed by atoms with E-state index >= 15 is 0 Å². The predicted octanol–water partition coefficient (Wildman–Crippen LogP) is 2.01. The van der Waals surface area contributed by atoms with Crippen LogP contribution in [0.4, 0.5) is 0 Å². The van der Waals surface area contributed by atoms with Gasteiger partial charge in [-0.1, -0.05) is 0 Å². The van der Waals surface area contributed by atoms with Crippen molar-refractivity contribution >= 4 is 24.8 Å². The predicted molar refractivity (Wildman–Crippen MR) is 81.7 cm³/mol. The number of esters is 1. The number of halogens is 1. The maximum absolute atomic E-state index is 11.7. The molecule has 0 rings (SSSR count). The van der Waals surface area contributed by atoms with Crippen molar-refractivity contribution in [2.24, 2.45) is 0 Å². The monoisotopic (exact) mass is 444 g/mol. The summed E-state index contributed by atoms with van der Waals surface area (Å²) in [5.41, 5.74) is 0. The Morgan fingerprint density at radius 1 is 0.895 bits per heavy atom. The summed E-state index contributed by atoms with van der Waals surface area (Å²) in [6.45, 7) is 6.77. The van der Waals surface area contributed by atoms with Gasteiger partial charge in [0.05, 0.1) is 0 Å². The van der Waals surface area contributed by atoms with Crippen LogP contribution in [0.1, 0.15) is 59.3 Å². The molecule has 0 bridgehead atoms. The molecule has 0 radical (unpaired) electrons. The van der Waals surface area contributed by atoms with Crippen molar-refractivity contribution in [1.82, 2.24) is 0 Å². The quantitative estimate of drug-likeness (QED) is 0.359. The third-order valence-corrected chi connectivity index (χ3v) is 17.1. The summed E-state index contributed by atoms with van der Waals surface area (Å²) in [6, 6.07) is 0. The van der Waals surface area contributed by atoms with Gasteiger partial charge in [0.15, 0.2) is 0 Å². The summed E-state index contributed by atoms with van der Waals surface area (Å²) < 4.78 is 9.91. The number of carbonyl (C=O) groups excluding carboxylic acids is 1. The first-order chi connectivity index (χ1) is 8.64. The van der Waals surface area contributed by atoms with Gasteiger partial charge in [0.1, 0.15) is 0 Å². The molecule has 0 fully saturated rings. The minimum atomic E-state index is -2.13.